The molecule has 0 aromatic carbocycles. The van der Waals surface area contributed by atoms with Crippen molar-refractivity contribution in [1.82, 2.24) is 10.6 Å². The molecule has 82 valence electrons. The SMILES string of the molecule is CCC(C)NC(=O)CNC1CC(O)C1. The smallest absolute Gasteiger partial charge is 0.234 e. The van der Waals surface area contributed by atoms with Gasteiger partial charge in [-0.2, -0.15) is 0 Å². The van der Waals surface area contributed by atoms with Crippen molar-refractivity contribution in [1.29, 1.82) is 0 Å². The van der Waals surface area contributed by atoms with E-state index in [0.29, 0.717) is 12.6 Å². The highest BCUT2D eigenvalue weighted by molar-refractivity contribution is 5.78. The van der Waals surface area contributed by atoms with Crippen molar-refractivity contribution >= 4 is 5.91 Å². The van der Waals surface area contributed by atoms with E-state index < -0.39 is 0 Å². The lowest BCUT2D eigenvalue weighted by Gasteiger charge is -2.32. The number of nitrogens with one attached hydrogen (secondary N) is 2. The molecule has 1 fully saturated rings. The zero-order chi connectivity index (χ0) is 10.6. The van der Waals surface area contributed by atoms with Crippen LogP contribution in [0, 0.1) is 0 Å². The molecule has 0 aromatic rings. The van der Waals surface area contributed by atoms with Crippen molar-refractivity contribution in [3.63, 3.8) is 0 Å². The molecule has 1 saturated carbocycles. The van der Waals surface area contributed by atoms with Gasteiger partial charge in [-0.1, -0.05) is 6.92 Å². The van der Waals surface area contributed by atoms with Crippen molar-refractivity contribution in [2.24, 2.45) is 0 Å². The maximum Gasteiger partial charge on any atom is 0.234 e. The van der Waals surface area contributed by atoms with Gasteiger partial charge in [-0.3, -0.25) is 4.79 Å². The van der Waals surface area contributed by atoms with E-state index in [9.17, 15) is 4.79 Å². The van der Waals surface area contributed by atoms with Gasteiger partial charge in [0.15, 0.2) is 0 Å². The number of hydrogen-bond acceptors (Lipinski definition) is 3. The minimum atomic E-state index is -0.162. The van der Waals surface area contributed by atoms with E-state index in [0.717, 1.165) is 19.3 Å². The van der Waals surface area contributed by atoms with E-state index in [1.54, 1.807) is 0 Å². The molecule has 0 spiro atoms. The van der Waals surface area contributed by atoms with Gasteiger partial charge in [0.2, 0.25) is 5.91 Å². The van der Waals surface area contributed by atoms with Crippen molar-refractivity contribution in [3.05, 3.63) is 0 Å². The summed E-state index contributed by atoms with van der Waals surface area (Å²) in [4.78, 5) is 11.3. The summed E-state index contributed by atoms with van der Waals surface area (Å²) >= 11 is 0. The van der Waals surface area contributed by atoms with E-state index >= 15 is 0 Å². The fourth-order valence-electron chi connectivity index (χ4n) is 1.42. The Kier molecular flexibility index (Phi) is 4.35. The lowest BCUT2D eigenvalue weighted by atomic mass is 9.89. The molecule has 1 aliphatic carbocycles. The van der Waals surface area contributed by atoms with Gasteiger partial charge in [0.1, 0.15) is 0 Å². The second-order valence-corrected chi connectivity index (χ2v) is 4.08. The zero-order valence-electron chi connectivity index (χ0n) is 8.92. The Morgan fingerprint density at radius 2 is 2.21 bits per heavy atom. The minimum Gasteiger partial charge on any atom is -0.393 e. The molecule has 14 heavy (non-hydrogen) atoms. The molecular formula is C10H20N2O2. The van der Waals surface area contributed by atoms with Crippen LogP contribution in [0.15, 0.2) is 0 Å². The Morgan fingerprint density at radius 1 is 1.57 bits per heavy atom. The molecular weight excluding hydrogens is 180 g/mol. The fraction of sp³-hybridized carbons (Fsp3) is 0.900. The predicted octanol–water partition coefficient (Wildman–Crippen LogP) is 0.0140. The first-order valence-corrected chi connectivity index (χ1v) is 5.32. The van der Waals surface area contributed by atoms with Crippen LogP contribution in [0.3, 0.4) is 0 Å². The molecule has 0 radical (unpaired) electrons. The summed E-state index contributed by atoms with van der Waals surface area (Å²) in [5, 5.41) is 15.0. The first-order valence-electron chi connectivity index (χ1n) is 5.32. The maximum absolute atomic E-state index is 11.3. The van der Waals surface area contributed by atoms with Gasteiger partial charge in [-0.05, 0) is 26.2 Å². The van der Waals surface area contributed by atoms with Crippen molar-refractivity contribution in [3.8, 4) is 0 Å². The van der Waals surface area contributed by atoms with E-state index in [2.05, 4.69) is 10.6 Å². The van der Waals surface area contributed by atoms with E-state index in [1.165, 1.54) is 0 Å². The van der Waals surface area contributed by atoms with Crippen LogP contribution in [0.25, 0.3) is 0 Å². The normalized spacial score (nSPS) is 27.9. The third-order valence-corrected chi connectivity index (χ3v) is 2.68. The van der Waals surface area contributed by atoms with Crippen LogP contribution in [0.1, 0.15) is 33.1 Å². The van der Waals surface area contributed by atoms with Crippen molar-refractivity contribution in [2.45, 2.75) is 51.3 Å². The standard InChI is InChI=1S/C10H20N2O2/c1-3-7(2)12-10(14)6-11-8-4-9(13)5-8/h7-9,11,13H,3-6H2,1-2H3,(H,12,14). The van der Waals surface area contributed by atoms with Crippen LogP contribution < -0.4 is 10.6 Å². The molecule has 0 bridgehead atoms. The molecule has 0 aliphatic heterocycles. The van der Waals surface area contributed by atoms with Crippen LogP contribution >= 0.6 is 0 Å². The molecule has 1 amide bonds. The Labute approximate surface area is 85.1 Å². The average Bonchev–Trinajstić information content (AvgIpc) is 2.10. The quantitative estimate of drug-likeness (QED) is 0.586. The van der Waals surface area contributed by atoms with Crippen molar-refractivity contribution in [2.75, 3.05) is 6.54 Å². The summed E-state index contributed by atoms with van der Waals surface area (Å²) in [7, 11) is 0. The minimum absolute atomic E-state index is 0.0424. The summed E-state index contributed by atoms with van der Waals surface area (Å²) in [6.07, 6.45) is 2.34. The van der Waals surface area contributed by atoms with Crippen LogP contribution in [0.5, 0.6) is 0 Å². The summed E-state index contributed by atoms with van der Waals surface area (Å²) in [5.74, 6) is 0.0424. The molecule has 4 heteroatoms. The Bertz CT molecular complexity index is 191. The number of carbonyl (C=O) groups excluding carboxylic acids is 1. The zero-order valence-corrected chi connectivity index (χ0v) is 8.92. The lowest BCUT2D eigenvalue weighted by molar-refractivity contribution is -0.121. The first-order chi connectivity index (χ1) is 6.61. The third kappa shape index (κ3) is 3.64. The molecule has 3 N–H and O–H groups in total. The monoisotopic (exact) mass is 200 g/mol. The number of amides is 1. The second kappa shape index (κ2) is 5.32. The van der Waals surface area contributed by atoms with Crippen LogP contribution in [0.2, 0.25) is 0 Å². The number of aliphatic hydroxyl groups is 1. The average molecular weight is 200 g/mol. The molecule has 1 aliphatic rings. The van der Waals surface area contributed by atoms with Gasteiger partial charge >= 0.3 is 0 Å². The largest absolute Gasteiger partial charge is 0.393 e. The molecule has 4 nitrogen and oxygen atoms in total. The van der Waals surface area contributed by atoms with Gasteiger partial charge in [-0.25, -0.2) is 0 Å². The summed E-state index contributed by atoms with van der Waals surface area (Å²) in [6.45, 7) is 4.40. The predicted molar refractivity (Wildman–Crippen MR) is 54.9 cm³/mol. The molecule has 1 atom stereocenters. The maximum atomic E-state index is 11.3. The molecule has 1 unspecified atom stereocenters. The van der Waals surface area contributed by atoms with Gasteiger partial charge in [0.25, 0.3) is 0 Å². The number of aliphatic hydroxyl groups excluding tert-OH is 1. The third-order valence-electron chi connectivity index (χ3n) is 2.68. The summed E-state index contributed by atoms with van der Waals surface area (Å²) in [6, 6.07) is 0.573. The van der Waals surface area contributed by atoms with Gasteiger partial charge in [0, 0.05) is 12.1 Å². The van der Waals surface area contributed by atoms with Crippen LogP contribution in [-0.2, 0) is 4.79 Å². The Balaban J connectivity index is 2.03. The molecule has 0 aromatic heterocycles. The van der Waals surface area contributed by atoms with Crippen molar-refractivity contribution < 1.29 is 9.90 Å². The van der Waals surface area contributed by atoms with E-state index in [-0.39, 0.29) is 18.1 Å². The van der Waals surface area contributed by atoms with E-state index in [1.807, 2.05) is 13.8 Å². The molecule has 0 saturated heterocycles. The van der Waals surface area contributed by atoms with Gasteiger partial charge in [-0.15, -0.1) is 0 Å². The number of hydrogen-bond donors (Lipinski definition) is 3. The van der Waals surface area contributed by atoms with E-state index in [4.69, 9.17) is 5.11 Å². The van der Waals surface area contributed by atoms with Crippen LogP contribution in [0.4, 0.5) is 0 Å². The van der Waals surface area contributed by atoms with Gasteiger partial charge < -0.3 is 15.7 Å². The summed E-state index contributed by atoms with van der Waals surface area (Å²) < 4.78 is 0. The Hall–Kier alpha value is -0.610. The first kappa shape index (κ1) is 11.5. The molecule has 1 rings (SSSR count). The highest BCUT2D eigenvalue weighted by Crippen LogP contribution is 2.18. The van der Waals surface area contributed by atoms with Gasteiger partial charge in [0.05, 0.1) is 12.6 Å². The fourth-order valence-corrected chi connectivity index (χ4v) is 1.42. The number of rotatable bonds is 5. The second-order valence-electron chi connectivity index (χ2n) is 4.08. The highest BCUT2D eigenvalue weighted by Gasteiger charge is 2.26. The lowest BCUT2D eigenvalue weighted by Crippen LogP contribution is -2.48. The number of carbonyl (C=O) groups is 1. The topological polar surface area (TPSA) is 61.4 Å². The molecule has 0 heterocycles. The van der Waals surface area contributed by atoms with Crippen LogP contribution in [-0.4, -0.2) is 35.7 Å². The summed E-state index contributed by atoms with van der Waals surface area (Å²) in [5.41, 5.74) is 0. The highest BCUT2D eigenvalue weighted by atomic mass is 16.3. The Morgan fingerprint density at radius 3 is 2.71 bits per heavy atom.